The van der Waals surface area contributed by atoms with Gasteiger partial charge < -0.3 is 10.5 Å². The van der Waals surface area contributed by atoms with E-state index >= 15 is 0 Å². The van der Waals surface area contributed by atoms with Crippen LogP contribution in [0.3, 0.4) is 0 Å². The maximum absolute atomic E-state index is 6.43. The zero-order chi connectivity index (χ0) is 14.7. The minimum Gasteiger partial charge on any atom is -0.491 e. The van der Waals surface area contributed by atoms with E-state index in [0.717, 1.165) is 11.3 Å². The number of ether oxygens (including phenoxy) is 1. The van der Waals surface area contributed by atoms with Crippen molar-refractivity contribution < 1.29 is 4.74 Å². The predicted octanol–water partition coefficient (Wildman–Crippen LogP) is 4.14. The van der Waals surface area contributed by atoms with Gasteiger partial charge in [-0.05, 0) is 62.1 Å². The standard InChI is InChI=1S/C18H23NO/c1-12(2)20-16-9-6-8-15(11-16)18(19)17-10-5-7-13(3)14(17)4/h5-12,18H,19H2,1-4H3. The Morgan fingerprint density at radius 2 is 1.70 bits per heavy atom. The van der Waals surface area contributed by atoms with Crippen molar-refractivity contribution in [1.29, 1.82) is 0 Å². The van der Waals surface area contributed by atoms with Crippen molar-refractivity contribution in [2.45, 2.75) is 39.8 Å². The van der Waals surface area contributed by atoms with Gasteiger partial charge in [-0.25, -0.2) is 0 Å². The molecule has 0 saturated heterocycles. The van der Waals surface area contributed by atoms with E-state index in [0.29, 0.717) is 0 Å². The zero-order valence-electron chi connectivity index (χ0n) is 12.7. The van der Waals surface area contributed by atoms with Crippen LogP contribution < -0.4 is 10.5 Å². The quantitative estimate of drug-likeness (QED) is 0.905. The molecule has 1 unspecified atom stereocenters. The summed E-state index contributed by atoms with van der Waals surface area (Å²) in [6, 6.07) is 14.2. The summed E-state index contributed by atoms with van der Waals surface area (Å²) >= 11 is 0. The highest BCUT2D eigenvalue weighted by molar-refractivity contribution is 5.42. The summed E-state index contributed by atoms with van der Waals surface area (Å²) in [5, 5.41) is 0. The van der Waals surface area contributed by atoms with Crippen molar-refractivity contribution in [3.63, 3.8) is 0 Å². The molecule has 2 rings (SSSR count). The van der Waals surface area contributed by atoms with Crippen LogP contribution in [0.25, 0.3) is 0 Å². The number of benzene rings is 2. The van der Waals surface area contributed by atoms with Gasteiger partial charge in [-0.3, -0.25) is 0 Å². The molecule has 2 N–H and O–H groups in total. The lowest BCUT2D eigenvalue weighted by Gasteiger charge is -2.18. The monoisotopic (exact) mass is 269 g/mol. The first-order valence-electron chi connectivity index (χ1n) is 7.07. The number of rotatable bonds is 4. The third kappa shape index (κ3) is 3.20. The molecule has 0 bridgehead atoms. The fraction of sp³-hybridized carbons (Fsp3) is 0.333. The van der Waals surface area contributed by atoms with Crippen LogP contribution in [0.5, 0.6) is 5.75 Å². The van der Waals surface area contributed by atoms with Crippen molar-refractivity contribution in [3.8, 4) is 5.75 Å². The van der Waals surface area contributed by atoms with Crippen LogP contribution in [0.15, 0.2) is 42.5 Å². The van der Waals surface area contributed by atoms with Crippen LogP contribution in [-0.4, -0.2) is 6.10 Å². The van der Waals surface area contributed by atoms with Crippen LogP contribution in [0.2, 0.25) is 0 Å². The molecule has 2 nitrogen and oxygen atoms in total. The second-order valence-corrected chi connectivity index (χ2v) is 5.51. The van der Waals surface area contributed by atoms with Crippen molar-refractivity contribution in [2.75, 3.05) is 0 Å². The molecule has 20 heavy (non-hydrogen) atoms. The van der Waals surface area contributed by atoms with Crippen LogP contribution >= 0.6 is 0 Å². The second kappa shape index (κ2) is 6.10. The molecule has 0 aromatic heterocycles. The highest BCUT2D eigenvalue weighted by Crippen LogP contribution is 2.27. The van der Waals surface area contributed by atoms with Gasteiger partial charge in [0.2, 0.25) is 0 Å². The molecule has 2 aromatic carbocycles. The first-order chi connectivity index (χ1) is 9.49. The van der Waals surface area contributed by atoms with Crippen molar-refractivity contribution in [1.82, 2.24) is 0 Å². The summed E-state index contributed by atoms with van der Waals surface area (Å²) in [5.41, 5.74) is 11.2. The largest absolute Gasteiger partial charge is 0.491 e. The molecular formula is C18H23NO. The van der Waals surface area contributed by atoms with Gasteiger partial charge in [0.1, 0.15) is 5.75 Å². The van der Waals surface area contributed by atoms with Crippen LogP contribution in [0.1, 0.15) is 42.1 Å². The minimum absolute atomic E-state index is 0.120. The van der Waals surface area contributed by atoms with Crippen LogP contribution in [0.4, 0.5) is 0 Å². The van der Waals surface area contributed by atoms with E-state index < -0.39 is 0 Å². The van der Waals surface area contributed by atoms with E-state index in [9.17, 15) is 0 Å². The predicted molar refractivity (Wildman–Crippen MR) is 84.2 cm³/mol. The molecule has 0 aliphatic heterocycles. The highest BCUT2D eigenvalue weighted by atomic mass is 16.5. The summed E-state index contributed by atoms with van der Waals surface area (Å²) in [4.78, 5) is 0. The molecule has 0 fully saturated rings. The van der Waals surface area contributed by atoms with Gasteiger partial charge in [-0.1, -0.05) is 30.3 Å². The minimum atomic E-state index is -0.120. The first-order valence-corrected chi connectivity index (χ1v) is 7.07. The third-order valence-corrected chi connectivity index (χ3v) is 3.57. The van der Waals surface area contributed by atoms with Crippen molar-refractivity contribution in [2.24, 2.45) is 5.73 Å². The third-order valence-electron chi connectivity index (χ3n) is 3.57. The first kappa shape index (κ1) is 14.6. The topological polar surface area (TPSA) is 35.2 Å². The number of hydrogen-bond donors (Lipinski definition) is 1. The van der Waals surface area contributed by atoms with Gasteiger partial charge in [0.05, 0.1) is 12.1 Å². The molecule has 0 aliphatic carbocycles. The van der Waals surface area contributed by atoms with Gasteiger partial charge in [0.25, 0.3) is 0 Å². The van der Waals surface area contributed by atoms with Crippen molar-refractivity contribution >= 4 is 0 Å². The van der Waals surface area contributed by atoms with E-state index in [4.69, 9.17) is 10.5 Å². The lowest BCUT2D eigenvalue weighted by Crippen LogP contribution is -2.14. The maximum atomic E-state index is 6.43. The maximum Gasteiger partial charge on any atom is 0.120 e. The number of aryl methyl sites for hydroxylation is 1. The molecule has 2 heteroatoms. The van der Waals surface area contributed by atoms with Gasteiger partial charge in [0, 0.05) is 0 Å². The highest BCUT2D eigenvalue weighted by Gasteiger charge is 2.13. The molecule has 0 heterocycles. The second-order valence-electron chi connectivity index (χ2n) is 5.51. The Morgan fingerprint density at radius 1 is 1.00 bits per heavy atom. The lowest BCUT2D eigenvalue weighted by atomic mass is 9.93. The van der Waals surface area contributed by atoms with E-state index in [2.05, 4.69) is 38.1 Å². The SMILES string of the molecule is Cc1cccc(C(N)c2cccc(OC(C)C)c2)c1C. The molecule has 2 aromatic rings. The molecule has 106 valence electrons. The number of nitrogens with two attached hydrogens (primary N) is 1. The Hall–Kier alpha value is -1.80. The summed E-state index contributed by atoms with van der Waals surface area (Å²) in [5.74, 6) is 0.873. The van der Waals surface area contributed by atoms with E-state index in [1.807, 2.05) is 32.0 Å². The average Bonchev–Trinajstić information content (AvgIpc) is 2.41. The molecular weight excluding hydrogens is 246 g/mol. The molecule has 0 radical (unpaired) electrons. The summed E-state index contributed by atoms with van der Waals surface area (Å²) in [7, 11) is 0. The fourth-order valence-electron chi connectivity index (χ4n) is 2.34. The Kier molecular flexibility index (Phi) is 4.46. The Morgan fingerprint density at radius 3 is 2.40 bits per heavy atom. The van der Waals surface area contributed by atoms with Crippen LogP contribution in [0, 0.1) is 13.8 Å². The Balaban J connectivity index is 2.33. The van der Waals surface area contributed by atoms with Gasteiger partial charge in [-0.15, -0.1) is 0 Å². The number of hydrogen-bond acceptors (Lipinski definition) is 2. The summed E-state index contributed by atoms with van der Waals surface area (Å²) < 4.78 is 5.74. The Bertz CT molecular complexity index is 590. The zero-order valence-corrected chi connectivity index (χ0v) is 12.7. The normalized spacial score (nSPS) is 12.5. The average molecular weight is 269 g/mol. The fourth-order valence-corrected chi connectivity index (χ4v) is 2.34. The summed E-state index contributed by atoms with van der Waals surface area (Å²) in [6.45, 7) is 8.29. The Labute approximate surface area is 121 Å². The lowest BCUT2D eigenvalue weighted by molar-refractivity contribution is 0.242. The molecule has 0 amide bonds. The summed E-state index contributed by atoms with van der Waals surface area (Å²) in [6.07, 6.45) is 0.169. The molecule has 0 saturated carbocycles. The van der Waals surface area contributed by atoms with Crippen molar-refractivity contribution in [3.05, 3.63) is 64.7 Å². The molecule has 0 spiro atoms. The van der Waals surface area contributed by atoms with Gasteiger partial charge in [0.15, 0.2) is 0 Å². The van der Waals surface area contributed by atoms with Crippen LogP contribution in [-0.2, 0) is 0 Å². The smallest absolute Gasteiger partial charge is 0.120 e. The molecule has 1 atom stereocenters. The van der Waals surface area contributed by atoms with E-state index in [-0.39, 0.29) is 12.1 Å². The van der Waals surface area contributed by atoms with Gasteiger partial charge >= 0.3 is 0 Å². The van der Waals surface area contributed by atoms with Gasteiger partial charge in [-0.2, -0.15) is 0 Å². The van der Waals surface area contributed by atoms with E-state index in [1.165, 1.54) is 16.7 Å². The molecule has 0 aliphatic rings. The van der Waals surface area contributed by atoms with E-state index in [1.54, 1.807) is 0 Å².